The summed E-state index contributed by atoms with van der Waals surface area (Å²) in [5, 5.41) is 0. The number of rotatable bonds is 5. The summed E-state index contributed by atoms with van der Waals surface area (Å²) < 4.78 is 2.10. The molecule has 0 aromatic carbocycles. The van der Waals surface area contributed by atoms with E-state index in [0.717, 1.165) is 45.4 Å². The topological polar surface area (TPSA) is 38.1 Å². The fourth-order valence-corrected chi connectivity index (χ4v) is 2.43. The zero-order chi connectivity index (χ0) is 12.1. The maximum Gasteiger partial charge on any atom is 0.138 e. The number of carbonyl (C=O) groups is 1. The summed E-state index contributed by atoms with van der Waals surface area (Å²) >= 11 is 0. The number of ketones is 1. The molecule has 94 valence electrons. The maximum atomic E-state index is 11.6. The van der Waals surface area contributed by atoms with Crippen LogP contribution in [0.5, 0.6) is 0 Å². The van der Waals surface area contributed by atoms with Gasteiger partial charge in [-0.2, -0.15) is 0 Å². The Bertz CT molecular complexity index is 348. The number of imidazole rings is 1. The van der Waals surface area contributed by atoms with Crippen molar-refractivity contribution in [3.63, 3.8) is 0 Å². The Kier molecular flexibility index (Phi) is 4.31. The van der Waals surface area contributed by atoms with Crippen LogP contribution in [0.15, 0.2) is 18.7 Å². The molecule has 1 aromatic rings. The first kappa shape index (κ1) is 12.3. The van der Waals surface area contributed by atoms with Crippen molar-refractivity contribution in [1.82, 2.24) is 14.5 Å². The second-order valence-electron chi connectivity index (χ2n) is 4.78. The monoisotopic (exact) mass is 235 g/mol. The highest BCUT2D eigenvalue weighted by Crippen LogP contribution is 2.16. The molecule has 4 nitrogen and oxygen atoms in total. The second kappa shape index (κ2) is 5.96. The smallest absolute Gasteiger partial charge is 0.138 e. The normalized spacial score (nSPS) is 21.9. The van der Waals surface area contributed by atoms with Crippen molar-refractivity contribution in [2.75, 3.05) is 19.6 Å². The van der Waals surface area contributed by atoms with Crippen LogP contribution >= 0.6 is 0 Å². The van der Waals surface area contributed by atoms with Gasteiger partial charge in [-0.3, -0.25) is 4.79 Å². The summed E-state index contributed by atoms with van der Waals surface area (Å²) in [5.74, 6) is 0.732. The molecule has 1 aromatic heterocycles. The lowest BCUT2D eigenvalue weighted by Gasteiger charge is -2.31. The summed E-state index contributed by atoms with van der Waals surface area (Å²) in [7, 11) is 0. The number of aryl methyl sites for hydroxylation is 1. The highest BCUT2D eigenvalue weighted by Gasteiger charge is 2.24. The molecule has 2 rings (SSSR count). The molecule has 1 fully saturated rings. The summed E-state index contributed by atoms with van der Waals surface area (Å²) in [6, 6.07) is 0. The van der Waals surface area contributed by atoms with E-state index in [2.05, 4.69) is 21.4 Å². The predicted octanol–water partition coefficient (Wildman–Crippen LogP) is 1.57. The van der Waals surface area contributed by atoms with Gasteiger partial charge in [0.25, 0.3) is 0 Å². The number of aromatic nitrogens is 2. The number of hydrogen-bond acceptors (Lipinski definition) is 3. The number of piperidine rings is 1. The molecular formula is C13H21N3O. The van der Waals surface area contributed by atoms with Gasteiger partial charge in [-0.15, -0.1) is 0 Å². The van der Waals surface area contributed by atoms with Gasteiger partial charge in [0.15, 0.2) is 0 Å². The molecule has 1 aliphatic rings. The van der Waals surface area contributed by atoms with E-state index in [9.17, 15) is 4.79 Å². The summed E-state index contributed by atoms with van der Waals surface area (Å²) in [6.07, 6.45) is 8.51. The van der Waals surface area contributed by atoms with Crippen molar-refractivity contribution in [1.29, 1.82) is 0 Å². The summed E-state index contributed by atoms with van der Waals surface area (Å²) in [6.45, 7) is 6.11. The summed E-state index contributed by atoms with van der Waals surface area (Å²) in [5.41, 5.74) is 0. The van der Waals surface area contributed by atoms with Crippen LogP contribution in [0, 0.1) is 5.92 Å². The Labute approximate surface area is 103 Å². The number of hydrogen-bond donors (Lipinski definition) is 0. The molecule has 0 bridgehead atoms. The first-order valence-corrected chi connectivity index (χ1v) is 6.50. The second-order valence-corrected chi connectivity index (χ2v) is 4.78. The largest absolute Gasteiger partial charge is 0.337 e. The zero-order valence-electron chi connectivity index (χ0n) is 10.5. The fraction of sp³-hybridized carbons (Fsp3) is 0.692. The van der Waals surface area contributed by atoms with E-state index in [1.807, 2.05) is 18.7 Å². The van der Waals surface area contributed by atoms with Gasteiger partial charge in [-0.25, -0.2) is 4.98 Å². The average molecular weight is 235 g/mol. The molecule has 0 radical (unpaired) electrons. The molecule has 4 heteroatoms. The predicted molar refractivity (Wildman–Crippen MR) is 66.7 cm³/mol. The fourth-order valence-electron chi connectivity index (χ4n) is 2.43. The van der Waals surface area contributed by atoms with E-state index >= 15 is 0 Å². The molecule has 1 saturated heterocycles. The van der Waals surface area contributed by atoms with Gasteiger partial charge in [-0.05, 0) is 19.4 Å². The third-order valence-electron chi connectivity index (χ3n) is 3.55. The molecule has 0 aliphatic carbocycles. The Morgan fingerprint density at radius 2 is 2.35 bits per heavy atom. The van der Waals surface area contributed by atoms with E-state index in [-0.39, 0.29) is 5.92 Å². The van der Waals surface area contributed by atoms with Crippen LogP contribution in [-0.4, -0.2) is 39.9 Å². The number of Topliss-reactive ketones (excluding diaryl/α,β-unsaturated/α-hetero) is 1. The Morgan fingerprint density at radius 3 is 3.06 bits per heavy atom. The lowest BCUT2D eigenvalue weighted by molar-refractivity contribution is -0.126. The van der Waals surface area contributed by atoms with Gasteiger partial charge in [0, 0.05) is 44.4 Å². The molecule has 1 aliphatic heterocycles. The molecule has 1 atom stereocenters. The third-order valence-corrected chi connectivity index (χ3v) is 3.55. The standard InChI is InChI=1S/C13H21N3O/c1-2-12-10-15(8-4-13(12)17)6-3-7-16-9-5-14-11-16/h5,9,11-12H,2-4,6-8,10H2,1H3. The molecule has 0 N–H and O–H groups in total. The number of likely N-dealkylation sites (tertiary alicyclic amines) is 1. The Morgan fingerprint density at radius 1 is 1.47 bits per heavy atom. The molecule has 1 unspecified atom stereocenters. The quantitative estimate of drug-likeness (QED) is 0.777. The van der Waals surface area contributed by atoms with Gasteiger partial charge in [0.2, 0.25) is 0 Å². The molecular weight excluding hydrogens is 214 g/mol. The Balaban J connectivity index is 1.71. The van der Waals surface area contributed by atoms with Gasteiger partial charge in [-0.1, -0.05) is 6.92 Å². The lowest BCUT2D eigenvalue weighted by Crippen LogP contribution is -2.41. The van der Waals surface area contributed by atoms with Crippen LogP contribution in [0.25, 0.3) is 0 Å². The van der Waals surface area contributed by atoms with Crippen LogP contribution in [0.4, 0.5) is 0 Å². The highest BCUT2D eigenvalue weighted by molar-refractivity contribution is 5.82. The molecule has 2 heterocycles. The maximum absolute atomic E-state index is 11.6. The highest BCUT2D eigenvalue weighted by atomic mass is 16.1. The third kappa shape index (κ3) is 3.40. The van der Waals surface area contributed by atoms with Crippen LogP contribution in [0.1, 0.15) is 26.2 Å². The van der Waals surface area contributed by atoms with Crippen molar-refractivity contribution in [2.24, 2.45) is 5.92 Å². The van der Waals surface area contributed by atoms with E-state index in [4.69, 9.17) is 0 Å². The van der Waals surface area contributed by atoms with Crippen LogP contribution < -0.4 is 0 Å². The number of carbonyl (C=O) groups excluding carboxylic acids is 1. The average Bonchev–Trinajstić information content (AvgIpc) is 2.84. The van der Waals surface area contributed by atoms with Gasteiger partial charge in [0.05, 0.1) is 6.33 Å². The van der Waals surface area contributed by atoms with Gasteiger partial charge >= 0.3 is 0 Å². The first-order chi connectivity index (χ1) is 8.29. The molecule has 0 spiro atoms. The first-order valence-electron chi connectivity index (χ1n) is 6.50. The van der Waals surface area contributed by atoms with Gasteiger partial charge in [0.1, 0.15) is 5.78 Å². The van der Waals surface area contributed by atoms with Crippen molar-refractivity contribution < 1.29 is 4.79 Å². The van der Waals surface area contributed by atoms with E-state index in [1.54, 1.807) is 0 Å². The van der Waals surface area contributed by atoms with E-state index in [1.165, 1.54) is 0 Å². The van der Waals surface area contributed by atoms with Crippen molar-refractivity contribution >= 4 is 5.78 Å². The minimum absolute atomic E-state index is 0.275. The van der Waals surface area contributed by atoms with E-state index < -0.39 is 0 Å². The minimum atomic E-state index is 0.275. The SMILES string of the molecule is CCC1CN(CCCn2ccnc2)CCC1=O. The van der Waals surface area contributed by atoms with Crippen molar-refractivity contribution in [2.45, 2.75) is 32.7 Å². The minimum Gasteiger partial charge on any atom is -0.337 e. The van der Waals surface area contributed by atoms with Crippen LogP contribution in [-0.2, 0) is 11.3 Å². The van der Waals surface area contributed by atoms with Crippen LogP contribution in [0.2, 0.25) is 0 Å². The molecule has 0 saturated carbocycles. The Hall–Kier alpha value is -1.16. The van der Waals surface area contributed by atoms with Crippen molar-refractivity contribution in [3.05, 3.63) is 18.7 Å². The molecule has 0 amide bonds. The van der Waals surface area contributed by atoms with E-state index in [0.29, 0.717) is 5.78 Å². The van der Waals surface area contributed by atoms with Gasteiger partial charge < -0.3 is 9.47 Å². The number of nitrogens with zero attached hydrogens (tertiary/aromatic N) is 3. The molecule has 17 heavy (non-hydrogen) atoms. The van der Waals surface area contributed by atoms with Crippen molar-refractivity contribution in [3.8, 4) is 0 Å². The summed E-state index contributed by atoms with van der Waals surface area (Å²) in [4.78, 5) is 18.0. The zero-order valence-corrected chi connectivity index (χ0v) is 10.5. The van der Waals surface area contributed by atoms with Crippen LogP contribution in [0.3, 0.4) is 0 Å². The lowest BCUT2D eigenvalue weighted by atomic mass is 9.94.